The van der Waals surface area contributed by atoms with E-state index in [2.05, 4.69) is 112 Å². The molecule has 9 rings (SSSR count). The number of rotatable bonds is 39. The van der Waals surface area contributed by atoms with E-state index in [9.17, 15) is 81.5 Å². The van der Waals surface area contributed by atoms with Crippen LogP contribution in [0.4, 0.5) is 14.4 Å². The van der Waals surface area contributed by atoms with Gasteiger partial charge in [-0.25, -0.2) is 14.4 Å². The summed E-state index contributed by atoms with van der Waals surface area (Å²) < 4.78 is 15.6. The van der Waals surface area contributed by atoms with Crippen LogP contribution in [-0.4, -0.2) is 238 Å². The van der Waals surface area contributed by atoms with E-state index in [1.54, 1.807) is 82.6 Å². The average molecular weight is 1860 g/mol. The number of fused-ring (bicyclic) bond motifs is 5. The number of piperidine rings is 3. The Labute approximate surface area is 787 Å². The number of nitrogens with one attached hydrogen (secondary N) is 11. The number of likely N-dealkylation sites (tertiary alicyclic amines) is 3. The molecule has 6 saturated carbocycles. The summed E-state index contributed by atoms with van der Waals surface area (Å²) in [4.78, 5) is 229. The predicted molar refractivity (Wildman–Crippen MR) is 502 cm³/mol. The van der Waals surface area contributed by atoms with E-state index in [0.29, 0.717) is 57.2 Å². The SMILES string of the molecule is C=CCCC(NC(=O)[C@@H]1[C@@H]2[C@H](CN1C(=O)[C@@H](NC(=O)NC(C)(C)C)C(C)(C)C)C2(C)C)C(=O)C(=O)NCCC(=O)OC(C)(C)C.C=CCCC(NC(=O)[C@@H]1[C@@H]2[C@H](CN1C(=O)[C@@H](NC(=O)NC1CC3CCC1C3)C(C)(C)C)C2(C)C)C(=O)C(=O)NCCC(=O)OCC.C=CCCNC(=O)C(=O)C(CCC=C)NC(=O)[C@@H]1[C@@H]2[C@H](CN1C(=O)[C@@H](NC(=O)OC(C)(C)C)C1CCCCC1)C2(C)C. The number of esters is 2. The highest BCUT2D eigenvalue weighted by Gasteiger charge is 2.73. The number of carbonyl (C=O) groups is 17. The lowest BCUT2D eigenvalue weighted by atomic mass is 9.83. The van der Waals surface area contributed by atoms with Crippen molar-refractivity contribution in [1.29, 1.82) is 0 Å². The molecule has 9 aliphatic rings. The number of hydrogen-bond acceptors (Lipinski definition) is 20. The van der Waals surface area contributed by atoms with Gasteiger partial charge in [0.05, 0.1) is 37.6 Å². The number of urea groups is 2. The Bertz CT molecular complexity index is 4310. The second-order valence-corrected chi connectivity index (χ2v) is 44.6. The maximum absolute atomic E-state index is 14.2. The molecule has 6 aliphatic carbocycles. The Balaban J connectivity index is 0.000000273. The normalized spacial score (nSPS) is 24.9. The first-order chi connectivity index (χ1) is 61.7. The number of ketones is 3. The van der Waals surface area contributed by atoms with Crippen molar-refractivity contribution in [1.82, 2.24) is 73.2 Å². The number of ether oxygens (including phenoxy) is 3. The Morgan fingerprint density at radius 1 is 0.429 bits per heavy atom. The molecule has 0 aromatic carbocycles. The Morgan fingerprint density at radius 3 is 1.15 bits per heavy atom. The quantitative estimate of drug-likeness (QED) is 0.00898. The molecule has 3 saturated heterocycles. The van der Waals surface area contributed by atoms with Gasteiger partial charge in [-0.3, -0.25) is 67.1 Å². The summed E-state index contributed by atoms with van der Waals surface area (Å²) in [5, 5.41) is 30.3. The largest absolute Gasteiger partial charge is 0.466 e. The summed E-state index contributed by atoms with van der Waals surface area (Å²) in [6.45, 7) is 57.3. The molecule has 18 atom stereocenters. The zero-order chi connectivity index (χ0) is 99.9. The van der Waals surface area contributed by atoms with Crippen molar-refractivity contribution in [2.24, 2.45) is 80.3 Å². The maximum atomic E-state index is 14.2. The summed E-state index contributed by atoms with van der Waals surface area (Å²) in [7, 11) is 0. The zero-order valence-electron chi connectivity index (χ0n) is 83.3. The van der Waals surface area contributed by atoms with Crippen molar-refractivity contribution in [3.05, 3.63) is 50.6 Å². The first-order valence-electron chi connectivity index (χ1n) is 48.0. The van der Waals surface area contributed by atoms with Gasteiger partial charge in [0.25, 0.3) is 17.7 Å². The number of nitrogens with zero attached hydrogens (tertiary/aromatic N) is 3. The zero-order valence-corrected chi connectivity index (χ0v) is 83.3. The highest BCUT2D eigenvalue weighted by Crippen LogP contribution is 2.67. The van der Waals surface area contributed by atoms with Crippen molar-refractivity contribution in [3.8, 4) is 0 Å². The minimum atomic E-state index is -1.16. The summed E-state index contributed by atoms with van der Waals surface area (Å²) >= 11 is 0. The Hall–Kier alpha value is -10.1. The summed E-state index contributed by atoms with van der Waals surface area (Å²) in [5.74, 6) is -7.59. The molecule has 9 fully saturated rings. The number of hydrogen-bond donors (Lipinski definition) is 11. The molecule has 3 heterocycles. The van der Waals surface area contributed by atoms with Crippen molar-refractivity contribution in [2.45, 2.75) is 345 Å². The molecule has 744 valence electrons. The third kappa shape index (κ3) is 29.5. The lowest BCUT2D eigenvalue weighted by Gasteiger charge is -2.38. The molecule has 14 amide bonds. The molecule has 34 heteroatoms. The second-order valence-electron chi connectivity index (χ2n) is 44.6. The molecule has 11 N–H and O–H groups in total. The van der Waals surface area contributed by atoms with Crippen molar-refractivity contribution in [2.75, 3.05) is 45.9 Å². The molecule has 0 radical (unpaired) electrons. The van der Waals surface area contributed by atoms with Crippen LogP contribution in [0.15, 0.2) is 50.6 Å². The second kappa shape index (κ2) is 45.5. The topological polar surface area (TPSA) is 460 Å². The fourth-order valence-electron chi connectivity index (χ4n) is 20.4. The van der Waals surface area contributed by atoms with Gasteiger partial charge in [-0.2, -0.15) is 0 Å². The molecule has 133 heavy (non-hydrogen) atoms. The summed E-state index contributed by atoms with van der Waals surface area (Å²) in [6.07, 6.45) is 16.8. The number of allylic oxidation sites excluding steroid dienone is 3. The van der Waals surface area contributed by atoms with Gasteiger partial charge in [0.15, 0.2) is 0 Å². The van der Waals surface area contributed by atoms with Gasteiger partial charge in [-0.15, -0.1) is 26.3 Å². The van der Waals surface area contributed by atoms with Crippen LogP contribution in [-0.2, 0) is 81.3 Å². The highest BCUT2D eigenvalue weighted by molar-refractivity contribution is 6.39. The minimum Gasteiger partial charge on any atom is -0.466 e. The van der Waals surface area contributed by atoms with Crippen LogP contribution < -0.4 is 58.5 Å². The number of carbonyl (C=O) groups excluding carboxylic acids is 17. The number of Topliss-reactive ketones (excluding diaryl/α,β-unsaturated/α-hetero) is 3. The van der Waals surface area contributed by atoms with E-state index in [1.807, 2.05) is 76.2 Å². The lowest BCUT2D eigenvalue weighted by molar-refractivity contribution is -0.155. The van der Waals surface area contributed by atoms with Crippen molar-refractivity contribution < 1.29 is 95.7 Å². The molecular weight excluding hydrogens is 1710 g/mol. The third-order valence-corrected chi connectivity index (χ3v) is 27.8. The average Bonchev–Trinajstić information content (AvgIpc) is 1.53. The fraction of sp³-hybridized carbons (Fsp3) is 0.747. The number of alkyl carbamates (subject to hydrolysis) is 1. The van der Waals surface area contributed by atoms with Gasteiger partial charge in [-0.05, 0) is 227 Å². The standard InChI is InChI=1S/C34H53N5O7.C33H55N5O7.C32H50N4O6/c1-8-10-11-22(27(41)30(43)35-15-14-24(40)46-9-2)36-29(42)26-25-21(34(25,6)7)18-39(26)31(44)28(33(3,4)5)38-32(45)37-23-17-19-12-13-20(23)16-19;1-13-14-15-20(24(40)27(42)34-17-16-21(39)45-32(8,9)10)35-26(41)23-22-19(33(22,11)12)18-38(23)28(43)25(30(2,3)4)36-29(44)37-31(5,6)7;1-8-10-17-22(26(37)28(39)33-18-11-9-2)34-27(38)25-23-21(32(23,6)7)19-36(25)29(40)24(20-15-13-12-14-16-20)35-30(41)42-31(3,4)5/h8,19-23,25-26,28H,1,9-18H2,2-7H3,(H,35,43)(H,36,42)(H2,37,38,45);13,19-20,22-23,25H,1,14-18H2,2-12H3,(H,34,42)(H,35,41)(H2,36,37,44);8-9,20-25H,1-2,10-19H2,3-7H3,(H,33,39)(H,34,38)(H,35,41)/t19?,20?,21-,22?,23?,25-,26-,28+;19-,20?,22-,23-,25+;21-,22?,23-,24-,25-/m000/s1. The van der Waals surface area contributed by atoms with E-state index in [0.717, 1.165) is 51.4 Å². The van der Waals surface area contributed by atoms with Gasteiger partial charge in [0.2, 0.25) is 52.8 Å². The van der Waals surface area contributed by atoms with Crippen LogP contribution in [0.2, 0.25) is 0 Å². The first-order valence-corrected chi connectivity index (χ1v) is 48.0. The van der Waals surface area contributed by atoms with Crippen LogP contribution in [0.3, 0.4) is 0 Å². The Kier molecular flexibility index (Phi) is 37.6. The molecule has 0 aromatic heterocycles. The van der Waals surface area contributed by atoms with Gasteiger partial charge in [-0.1, -0.05) is 133 Å². The van der Waals surface area contributed by atoms with E-state index in [4.69, 9.17) is 14.2 Å². The molecule has 34 nitrogen and oxygen atoms in total. The maximum Gasteiger partial charge on any atom is 0.408 e. The highest BCUT2D eigenvalue weighted by atomic mass is 16.6. The first kappa shape index (κ1) is 110. The van der Waals surface area contributed by atoms with Crippen molar-refractivity contribution >= 4 is 101 Å². The lowest BCUT2D eigenvalue weighted by Crippen LogP contribution is -2.62. The molecule has 2 bridgehead atoms. The van der Waals surface area contributed by atoms with Gasteiger partial charge >= 0.3 is 30.1 Å². The molecule has 6 unspecified atom stereocenters. The van der Waals surface area contributed by atoms with Crippen molar-refractivity contribution in [3.63, 3.8) is 0 Å². The monoisotopic (exact) mass is 1860 g/mol. The molecule has 0 spiro atoms. The van der Waals surface area contributed by atoms with Gasteiger partial charge in [0.1, 0.15) is 47.5 Å². The van der Waals surface area contributed by atoms with E-state index >= 15 is 0 Å². The van der Waals surface area contributed by atoms with Crippen LogP contribution in [0.25, 0.3) is 0 Å². The Morgan fingerprint density at radius 2 is 0.805 bits per heavy atom. The van der Waals surface area contributed by atoms with E-state index in [-0.39, 0.29) is 146 Å². The molecular formula is C99H158N14O20. The van der Waals surface area contributed by atoms with E-state index in [1.165, 1.54) is 11.3 Å². The van der Waals surface area contributed by atoms with Crippen LogP contribution >= 0.6 is 0 Å². The van der Waals surface area contributed by atoms with Gasteiger partial charge < -0.3 is 87.4 Å². The van der Waals surface area contributed by atoms with E-state index < -0.39 is 159 Å². The molecule has 3 aliphatic heterocycles. The van der Waals surface area contributed by atoms with Crippen LogP contribution in [0.1, 0.15) is 268 Å². The fourth-order valence-corrected chi connectivity index (χ4v) is 20.4. The minimum absolute atomic E-state index is 0.0615. The van der Waals surface area contributed by atoms with Gasteiger partial charge in [0, 0.05) is 50.8 Å². The summed E-state index contributed by atoms with van der Waals surface area (Å²) in [5.41, 5.74) is -3.78. The third-order valence-electron chi connectivity index (χ3n) is 27.8. The van der Waals surface area contributed by atoms with Crippen LogP contribution in [0, 0.1) is 80.3 Å². The predicted octanol–water partition coefficient (Wildman–Crippen LogP) is 8.97. The van der Waals surface area contributed by atoms with Crippen LogP contribution in [0.5, 0.6) is 0 Å². The smallest absolute Gasteiger partial charge is 0.408 e. The summed E-state index contributed by atoms with van der Waals surface area (Å²) in [6, 6.07) is -9.30. The number of amides is 14. The molecule has 0 aromatic rings.